The summed E-state index contributed by atoms with van der Waals surface area (Å²) in [6.07, 6.45) is 13.8. The van der Waals surface area contributed by atoms with E-state index in [4.69, 9.17) is 9.97 Å². The van der Waals surface area contributed by atoms with E-state index >= 15 is 0 Å². The molecule has 4 aromatic rings. The number of aryl methyl sites for hydroxylation is 3. The highest BCUT2D eigenvalue weighted by atomic mass is 15.2. The number of aromatic nitrogens is 2. The lowest BCUT2D eigenvalue weighted by atomic mass is 9.45. The molecule has 0 radical (unpaired) electrons. The number of anilines is 2. The molecule has 182 valence electrons. The Morgan fingerprint density at radius 1 is 0.750 bits per heavy atom. The first-order valence-electron chi connectivity index (χ1n) is 13.6. The summed E-state index contributed by atoms with van der Waals surface area (Å²) in [5.41, 5.74) is 9.38. The second kappa shape index (κ2) is 7.90. The normalized spacial score (nSPS) is 28.5. The predicted molar refractivity (Wildman–Crippen MR) is 148 cm³/mol. The molecule has 36 heavy (non-hydrogen) atoms. The maximum Gasteiger partial charge on any atom is 0.0773 e. The molecule has 4 bridgehead atoms. The monoisotopic (exact) mass is 473 g/mol. The Morgan fingerprint density at radius 3 is 1.97 bits per heavy atom. The van der Waals surface area contributed by atoms with Crippen LogP contribution in [0.5, 0.6) is 0 Å². The first kappa shape index (κ1) is 22.0. The van der Waals surface area contributed by atoms with Gasteiger partial charge in [-0.05, 0) is 107 Å². The standard InChI is InChI=1S/C33H35N3/c1-22-4-8-27(9-5-22)36(28-10-6-23(2)7-11-28)33-17-25-14-26(18-33)16-32(15-25,21-33)30-20-34-19-29-24(3)12-13-35-31(29)30/h4-13,19-20,25-26H,14-18,21H2,1-3H3. The zero-order chi connectivity index (χ0) is 24.5. The summed E-state index contributed by atoms with van der Waals surface area (Å²) in [4.78, 5) is 12.5. The Hall–Kier alpha value is -3.20. The fourth-order valence-electron chi connectivity index (χ4n) is 8.46. The van der Waals surface area contributed by atoms with Gasteiger partial charge in [0.1, 0.15) is 0 Å². The highest BCUT2D eigenvalue weighted by Crippen LogP contribution is 2.65. The smallest absolute Gasteiger partial charge is 0.0773 e. The summed E-state index contributed by atoms with van der Waals surface area (Å²) < 4.78 is 0. The number of hydrogen-bond acceptors (Lipinski definition) is 3. The van der Waals surface area contributed by atoms with Gasteiger partial charge in [0.25, 0.3) is 0 Å². The molecular weight excluding hydrogens is 438 g/mol. The summed E-state index contributed by atoms with van der Waals surface area (Å²) in [6, 6.07) is 20.6. The Bertz CT molecular complexity index is 1380. The van der Waals surface area contributed by atoms with Gasteiger partial charge in [0.05, 0.1) is 5.52 Å². The number of nitrogens with zero attached hydrogens (tertiary/aromatic N) is 3. The third-order valence-corrected chi connectivity index (χ3v) is 9.53. The predicted octanol–water partition coefficient (Wildman–Crippen LogP) is 7.98. The number of fused-ring (bicyclic) bond motifs is 1. The van der Waals surface area contributed by atoms with Gasteiger partial charge in [0.15, 0.2) is 0 Å². The lowest BCUT2D eigenvalue weighted by Gasteiger charge is -2.65. The van der Waals surface area contributed by atoms with Gasteiger partial charge in [0, 0.05) is 51.9 Å². The van der Waals surface area contributed by atoms with Gasteiger partial charge in [-0.2, -0.15) is 0 Å². The third kappa shape index (κ3) is 3.32. The zero-order valence-electron chi connectivity index (χ0n) is 21.7. The molecule has 3 heteroatoms. The summed E-state index contributed by atoms with van der Waals surface area (Å²) >= 11 is 0. The van der Waals surface area contributed by atoms with Crippen LogP contribution in [0.2, 0.25) is 0 Å². The van der Waals surface area contributed by atoms with E-state index in [1.165, 1.54) is 83.1 Å². The molecule has 4 fully saturated rings. The Balaban J connectivity index is 1.41. The SMILES string of the molecule is Cc1ccc(N(c2ccc(C)cc2)C23CC4CC(CC(c5cncc6c(C)ccnc56)(C4)C2)C3)cc1. The fraction of sp³-hybridized carbons (Fsp3) is 0.394. The minimum absolute atomic E-state index is 0.112. The topological polar surface area (TPSA) is 29.0 Å². The van der Waals surface area contributed by atoms with E-state index in [0.29, 0.717) is 0 Å². The molecule has 0 spiro atoms. The number of hydrogen-bond donors (Lipinski definition) is 0. The summed E-state index contributed by atoms with van der Waals surface area (Å²) in [7, 11) is 0. The lowest BCUT2D eigenvalue weighted by Crippen LogP contribution is -2.63. The molecular formula is C33H35N3. The minimum Gasteiger partial charge on any atom is -0.335 e. The number of benzene rings is 2. The van der Waals surface area contributed by atoms with Crippen LogP contribution in [0.3, 0.4) is 0 Å². The van der Waals surface area contributed by atoms with Gasteiger partial charge in [-0.3, -0.25) is 9.97 Å². The zero-order valence-corrected chi connectivity index (χ0v) is 21.7. The van der Waals surface area contributed by atoms with E-state index in [2.05, 4.69) is 86.5 Å². The van der Waals surface area contributed by atoms with Crippen LogP contribution in [-0.2, 0) is 5.41 Å². The van der Waals surface area contributed by atoms with E-state index in [1.807, 2.05) is 12.4 Å². The summed E-state index contributed by atoms with van der Waals surface area (Å²) in [6.45, 7) is 6.55. The molecule has 0 N–H and O–H groups in total. The van der Waals surface area contributed by atoms with E-state index in [1.54, 1.807) is 0 Å². The van der Waals surface area contributed by atoms with Gasteiger partial charge in [-0.25, -0.2) is 0 Å². The Morgan fingerprint density at radius 2 is 1.36 bits per heavy atom. The number of pyridine rings is 2. The average Bonchev–Trinajstić information content (AvgIpc) is 2.86. The second-order valence-corrected chi connectivity index (χ2v) is 12.2. The van der Waals surface area contributed by atoms with E-state index in [-0.39, 0.29) is 11.0 Å². The van der Waals surface area contributed by atoms with Crippen LogP contribution in [0, 0.1) is 32.6 Å². The van der Waals surface area contributed by atoms with Crippen molar-refractivity contribution in [3.63, 3.8) is 0 Å². The molecule has 0 aliphatic heterocycles. The van der Waals surface area contributed by atoms with Crippen molar-refractivity contribution in [1.29, 1.82) is 0 Å². The molecule has 4 aliphatic carbocycles. The van der Waals surface area contributed by atoms with Gasteiger partial charge in [-0.1, -0.05) is 35.4 Å². The third-order valence-electron chi connectivity index (χ3n) is 9.53. The van der Waals surface area contributed by atoms with Crippen LogP contribution in [-0.4, -0.2) is 15.5 Å². The van der Waals surface area contributed by atoms with Crippen molar-refractivity contribution < 1.29 is 0 Å². The van der Waals surface area contributed by atoms with Gasteiger partial charge in [0.2, 0.25) is 0 Å². The summed E-state index contributed by atoms with van der Waals surface area (Å²) in [5, 5.41) is 1.22. The van der Waals surface area contributed by atoms with Gasteiger partial charge < -0.3 is 4.90 Å². The molecule has 2 aromatic carbocycles. The van der Waals surface area contributed by atoms with Crippen molar-refractivity contribution in [3.8, 4) is 0 Å². The van der Waals surface area contributed by atoms with Crippen molar-refractivity contribution >= 4 is 22.3 Å². The van der Waals surface area contributed by atoms with Crippen molar-refractivity contribution in [2.75, 3.05) is 4.90 Å². The molecule has 0 amide bonds. The highest BCUT2D eigenvalue weighted by Gasteiger charge is 2.61. The minimum atomic E-state index is 0.112. The molecule has 2 atom stereocenters. The van der Waals surface area contributed by atoms with Crippen molar-refractivity contribution in [1.82, 2.24) is 9.97 Å². The van der Waals surface area contributed by atoms with E-state index < -0.39 is 0 Å². The van der Waals surface area contributed by atoms with E-state index in [9.17, 15) is 0 Å². The van der Waals surface area contributed by atoms with Crippen LogP contribution < -0.4 is 4.90 Å². The largest absolute Gasteiger partial charge is 0.335 e. The van der Waals surface area contributed by atoms with Crippen LogP contribution in [0.15, 0.2) is 73.2 Å². The first-order chi connectivity index (χ1) is 17.4. The molecule has 4 aliphatic rings. The molecule has 3 nitrogen and oxygen atoms in total. The molecule has 4 saturated carbocycles. The quantitative estimate of drug-likeness (QED) is 0.301. The second-order valence-electron chi connectivity index (χ2n) is 12.2. The van der Waals surface area contributed by atoms with Crippen molar-refractivity contribution in [2.24, 2.45) is 11.8 Å². The Kier molecular flexibility index (Phi) is 4.83. The van der Waals surface area contributed by atoms with E-state index in [0.717, 1.165) is 11.8 Å². The first-order valence-corrected chi connectivity index (χ1v) is 13.6. The number of rotatable bonds is 4. The van der Waals surface area contributed by atoms with Crippen LogP contribution in [0.4, 0.5) is 11.4 Å². The van der Waals surface area contributed by atoms with Crippen molar-refractivity contribution in [3.05, 3.63) is 95.4 Å². The van der Waals surface area contributed by atoms with Crippen LogP contribution in [0.1, 0.15) is 60.8 Å². The molecule has 2 heterocycles. The van der Waals surface area contributed by atoms with Crippen LogP contribution in [0.25, 0.3) is 10.9 Å². The fourth-order valence-corrected chi connectivity index (χ4v) is 8.46. The maximum absolute atomic E-state index is 4.95. The maximum atomic E-state index is 4.95. The molecule has 2 aromatic heterocycles. The molecule has 8 rings (SSSR count). The van der Waals surface area contributed by atoms with Gasteiger partial charge in [-0.15, -0.1) is 0 Å². The average molecular weight is 474 g/mol. The van der Waals surface area contributed by atoms with Crippen LogP contribution >= 0.6 is 0 Å². The molecule has 2 unspecified atom stereocenters. The van der Waals surface area contributed by atoms with Crippen molar-refractivity contribution in [2.45, 2.75) is 70.3 Å². The van der Waals surface area contributed by atoms with Gasteiger partial charge >= 0.3 is 0 Å². The molecule has 0 saturated heterocycles. The summed E-state index contributed by atoms with van der Waals surface area (Å²) in [5.74, 6) is 1.51. The Labute approximate surface area is 214 Å². The highest BCUT2D eigenvalue weighted by molar-refractivity contribution is 5.84. The lowest BCUT2D eigenvalue weighted by molar-refractivity contribution is -0.0220.